The summed E-state index contributed by atoms with van der Waals surface area (Å²) in [6.45, 7) is 14.8. The van der Waals surface area contributed by atoms with Crippen LogP contribution >= 0.6 is 0 Å². The van der Waals surface area contributed by atoms with Gasteiger partial charge < -0.3 is 24.4 Å². The van der Waals surface area contributed by atoms with Gasteiger partial charge in [-0.3, -0.25) is 14.4 Å². The van der Waals surface area contributed by atoms with Gasteiger partial charge in [-0.2, -0.15) is 0 Å². The molecule has 8 heteroatoms. The number of hydrogen-bond donors (Lipinski definition) is 1. The monoisotopic (exact) mass is 490 g/mol. The van der Waals surface area contributed by atoms with Crippen molar-refractivity contribution in [2.75, 3.05) is 32.8 Å². The lowest BCUT2D eigenvalue weighted by Gasteiger charge is -2.37. The number of aliphatic hydroxyl groups excluding tert-OH is 1. The summed E-state index contributed by atoms with van der Waals surface area (Å²) >= 11 is 0. The Hall–Kier alpha value is -2.19. The number of carbonyl (C=O) groups excluding carboxylic acids is 3. The molecular formula is C27H42N2O6. The van der Waals surface area contributed by atoms with Crippen LogP contribution < -0.4 is 0 Å². The van der Waals surface area contributed by atoms with E-state index in [-0.39, 0.29) is 37.5 Å². The molecule has 6 atom stereocenters. The number of fused-ring (bicyclic) bond motifs is 1. The van der Waals surface area contributed by atoms with Crippen molar-refractivity contribution in [2.45, 2.75) is 76.5 Å². The van der Waals surface area contributed by atoms with Gasteiger partial charge in [0.2, 0.25) is 11.8 Å². The van der Waals surface area contributed by atoms with Crippen LogP contribution in [0.25, 0.3) is 0 Å². The zero-order valence-corrected chi connectivity index (χ0v) is 21.5. The van der Waals surface area contributed by atoms with Gasteiger partial charge >= 0.3 is 5.97 Å². The smallest absolute Gasteiger partial charge is 0.312 e. The highest BCUT2D eigenvalue weighted by molar-refractivity contribution is 5.98. The van der Waals surface area contributed by atoms with Crippen LogP contribution in [-0.4, -0.2) is 82.8 Å². The minimum absolute atomic E-state index is 0.0335. The molecule has 0 radical (unpaired) electrons. The molecule has 3 rings (SSSR count). The normalized spacial score (nSPS) is 33.0. The molecule has 3 fully saturated rings. The number of hydrogen-bond acceptors (Lipinski definition) is 6. The average molecular weight is 491 g/mol. The fourth-order valence-corrected chi connectivity index (χ4v) is 6.32. The molecule has 2 amide bonds. The number of nitrogens with zero attached hydrogens (tertiary/aromatic N) is 2. The molecular weight excluding hydrogens is 448 g/mol. The molecule has 196 valence electrons. The molecule has 0 aromatic carbocycles. The van der Waals surface area contributed by atoms with Crippen molar-refractivity contribution in [1.82, 2.24) is 9.80 Å². The summed E-state index contributed by atoms with van der Waals surface area (Å²) in [5.41, 5.74) is -1.97. The predicted molar refractivity (Wildman–Crippen MR) is 132 cm³/mol. The van der Waals surface area contributed by atoms with Gasteiger partial charge in [-0.1, -0.05) is 32.4 Å². The molecule has 2 bridgehead atoms. The maximum Gasteiger partial charge on any atom is 0.312 e. The highest BCUT2D eigenvalue weighted by atomic mass is 16.6. The summed E-state index contributed by atoms with van der Waals surface area (Å²) in [5, 5.41) is 9.49. The third kappa shape index (κ3) is 4.67. The van der Waals surface area contributed by atoms with E-state index in [2.05, 4.69) is 20.1 Å². The number of rotatable bonds is 14. The van der Waals surface area contributed by atoms with Crippen molar-refractivity contribution in [3.63, 3.8) is 0 Å². The summed E-state index contributed by atoms with van der Waals surface area (Å²) in [4.78, 5) is 44.6. The first kappa shape index (κ1) is 27.4. The van der Waals surface area contributed by atoms with Gasteiger partial charge in [-0.05, 0) is 44.9 Å². The Morgan fingerprint density at radius 1 is 1.29 bits per heavy atom. The number of ether oxygens (including phenoxy) is 2. The average Bonchev–Trinajstić information content (AvgIpc) is 3.34. The van der Waals surface area contributed by atoms with E-state index < -0.39 is 35.0 Å². The van der Waals surface area contributed by atoms with E-state index in [1.807, 2.05) is 13.8 Å². The zero-order valence-electron chi connectivity index (χ0n) is 21.5. The van der Waals surface area contributed by atoms with Gasteiger partial charge in [0.05, 0.1) is 18.1 Å². The van der Waals surface area contributed by atoms with E-state index in [1.165, 1.54) is 0 Å². The largest absolute Gasteiger partial charge is 0.465 e. The fraction of sp³-hybridized carbons (Fsp3) is 0.741. The second kappa shape index (κ2) is 11.2. The van der Waals surface area contributed by atoms with Crippen molar-refractivity contribution in [2.24, 2.45) is 17.8 Å². The zero-order chi connectivity index (χ0) is 25.8. The molecule has 0 aliphatic carbocycles. The predicted octanol–water partition coefficient (Wildman–Crippen LogP) is 2.70. The molecule has 0 aromatic heterocycles. The third-order valence-electron chi connectivity index (χ3n) is 8.10. The number of likely N-dealkylation sites (tertiary alicyclic amines) is 1. The second-order valence-corrected chi connectivity index (χ2v) is 10.3. The maximum absolute atomic E-state index is 14.0. The first-order valence-electron chi connectivity index (χ1n) is 13.0. The van der Waals surface area contributed by atoms with Gasteiger partial charge in [-0.25, -0.2) is 0 Å². The van der Waals surface area contributed by atoms with Crippen LogP contribution in [0.15, 0.2) is 25.3 Å². The van der Waals surface area contributed by atoms with E-state index in [1.54, 1.807) is 22.0 Å². The van der Waals surface area contributed by atoms with E-state index in [0.717, 1.165) is 19.3 Å². The molecule has 0 aromatic rings. The number of esters is 1. The SMILES string of the molecule is C=CCCCOC(=O)[C@H]1[C@H]2C(=O)N(CCCO)C(C(=O)N(CC=C)CCCC)C23CC(C)[C@]1(C)O3. The molecule has 1 spiro atoms. The lowest BCUT2D eigenvalue weighted by Crippen LogP contribution is -2.56. The topological polar surface area (TPSA) is 96.4 Å². The summed E-state index contributed by atoms with van der Waals surface area (Å²) in [6, 6.07) is -0.841. The Morgan fingerprint density at radius 2 is 2.03 bits per heavy atom. The van der Waals surface area contributed by atoms with E-state index in [4.69, 9.17) is 9.47 Å². The molecule has 3 saturated heterocycles. The first-order valence-corrected chi connectivity index (χ1v) is 13.0. The van der Waals surface area contributed by atoms with Crippen LogP contribution in [0.2, 0.25) is 0 Å². The highest BCUT2D eigenvalue weighted by Crippen LogP contribution is 2.65. The van der Waals surface area contributed by atoms with E-state index in [0.29, 0.717) is 32.4 Å². The Balaban J connectivity index is 1.99. The maximum atomic E-state index is 14.0. The van der Waals surface area contributed by atoms with Crippen LogP contribution in [0.3, 0.4) is 0 Å². The minimum atomic E-state index is -1.09. The number of allylic oxidation sites excluding steroid dienone is 1. The molecule has 3 aliphatic heterocycles. The van der Waals surface area contributed by atoms with Crippen molar-refractivity contribution in [3.8, 4) is 0 Å². The highest BCUT2D eigenvalue weighted by Gasteiger charge is 2.80. The number of aliphatic hydroxyl groups is 1. The standard InChI is InChI=1S/C27H42N2O6/c1-6-9-11-17-34-25(33)21-20-23(31)29(15-12-16-30)22(24(32)28(13-8-3)14-10-7-2)27(20)18-19(4)26(21,5)35-27/h6,8,19-22,30H,1,3,7,9-18H2,2,4-5H3/t19?,20-,21+,22?,26-,27?/m0/s1. The summed E-state index contributed by atoms with van der Waals surface area (Å²) in [6.07, 6.45) is 7.49. The Kier molecular flexibility index (Phi) is 8.81. The molecule has 3 unspecified atom stereocenters. The lowest BCUT2D eigenvalue weighted by molar-refractivity contribution is -0.162. The van der Waals surface area contributed by atoms with Crippen molar-refractivity contribution < 1.29 is 29.0 Å². The number of amides is 2. The lowest BCUT2D eigenvalue weighted by atomic mass is 9.62. The molecule has 3 aliphatic rings. The van der Waals surface area contributed by atoms with Crippen LogP contribution in [0.5, 0.6) is 0 Å². The number of carbonyl (C=O) groups is 3. The molecule has 3 heterocycles. The van der Waals surface area contributed by atoms with Gasteiger partial charge in [0.25, 0.3) is 0 Å². The summed E-state index contributed by atoms with van der Waals surface area (Å²) < 4.78 is 12.3. The molecule has 1 N–H and O–H groups in total. The van der Waals surface area contributed by atoms with Crippen LogP contribution in [0, 0.1) is 17.8 Å². The fourth-order valence-electron chi connectivity index (χ4n) is 6.32. The Labute approximate surface area is 209 Å². The van der Waals surface area contributed by atoms with E-state index >= 15 is 0 Å². The van der Waals surface area contributed by atoms with Crippen LogP contribution in [-0.2, 0) is 23.9 Å². The molecule has 0 saturated carbocycles. The van der Waals surface area contributed by atoms with Crippen molar-refractivity contribution >= 4 is 17.8 Å². The van der Waals surface area contributed by atoms with Gasteiger partial charge in [0.1, 0.15) is 17.6 Å². The first-order chi connectivity index (χ1) is 16.7. The van der Waals surface area contributed by atoms with Crippen LogP contribution in [0.1, 0.15) is 59.3 Å². The van der Waals surface area contributed by atoms with Crippen molar-refractivity contribution in [3.05, 3.63) is 25.3 Å². The summed E-state index contributed by atoms with van der Waals surface area (Å²) in [5.74, 6) is -2.46. The van der Waals surface area contributed by atoms with E-state index in [9.17, 15) is 19.5 Å². The minimum Gasteiger partial charge on any atom is -0.465 e. The Morgan fingerprint density at radius 3 is 2.66 bits per heavy atom. The molecule has 35 heavy (non-hydrogen) atoms. The number of unbranched alkanes of at least 4 members (excludes halogenated alkanes) is 2. The quantitative estimate of drug-likeness (QED) is 0.229. The van der Waals surface area contributed by atoms with Gasteiger partial charge in [0, 0.05) is 26.2 Å². The third-order valence-corrected chi connectivity index (χ3v) is 8.10. The van der Waals surface area contributed by atoms with Gasteiger partial charge in [-0.15, -0.1) is 13.2 Å². The van der Waals surface area contributed by atoms with Crippen LogP contribution in [0.4, 0.5) is 0 Å². The molecule has 8 nitrogen and oxygen atoms in total. The second-order valence-electron chi connectivity index (χ2n) is 10.3. The van der Waals surface area contributed by atoms with Gasteiger partial charge in [0.15, 0.2) is 0 Å². The Bertz CT molecular complexity index is 830. The van der Waals surface area contributed by atoms with Crippen molar-refractivity contribution in [1.29, 1.82) is 0 Å². The summed E-state index contributed by atoms with van der Waals surface area (Å²) in [7, 11) is 0.